The number of carbonyl (C=O) groups is 2. The maximum Gasteiger partial charge on any atom is 0.271 e. The highest BCUT2D eigenvalue weighted by atomic mass is 19.1. The summed E-state index contributed by atoms with van der Waals surface area (Å²) in [6, 6.07) is 25.2. The van der Waals surface area contributed by atoms with Crippen LogP contribution in [-0.2, 0) is 16.2 Å². The van der Waals surface area contributed by atoms with Gasteiger partial charge in [-0.25, -0.2) is 9.07 Å². The van der Waals surface area contributed by atoms with Crippen LogP contribution in [0.25, 0.3) is 23.0 Å². The van der Waals surface area contributed by atoms with Gasteiger partial charge in [0.1, 0.15) is 29.8 Å². The number of halogens is 1. The number of carbonyl (C=O) groups excluding carboxylic acids is 2. The molecule has 3 aromatic carbocycles. The second kappa shape index (κ2) is 12.5. The molecule has 0 radical (unpaired) electrons. The lowest BCUT2D eigenvalue weighted by Crippen LogP contribution is -2.43. The van der Waals surface area contributed by atoms with Crippen LogP contribution in [-0.4, -0.2) is 33.0 Å². The zero-order valence-corrected chi connectivity index (χ0v) is 23.4. The maximum atomic E-state index is 13.5. The number of aromatic nitrogens is 2. The van der Waals surface area contributed by atoms with Crippen molar-refractivity contribution in [3.05, 3.63) is 119 Å². The summed E-state index contributed by atoms with van der Waals surface area (Å²) in [4.78, 5) is 27.6. The third-order valence-electron chi connectivity index (χ3n) is 7.07. The van der Waals surface area contributed by atoms with Crippen LogP contribution in [0.2, 0.25) is 0 Å². The molecule has 0 saturated carbocycles. The van der Waals surface area contributed by atoms with Gasteiger partial charge >= 0.3 is 0 Å². The van der Waals surface area contributed by atoms with Crippen molar-refractivity contribution in [3.8, 4) is 28.8 Å². The van der Waals surface area contributed by atoms with E-state index in [1.165, 1.54) is 12.1 Å². The van der Waals surface area contributed by atoms with Crippen molar-refractivity contribution in [3.63, 3.8) is 0 Å². The number of ether oxygens (including phenoxy) is 1. The number of amides is 2. The Morgan fingerprint density at radius 3 is 2.36 bits per heavy atom. The first-order valence-electron chi connectivity index (χ1n) is 13.7. The van der Waals surface area contributed by atoms with Crippen LogP contribution < -0.4 is 4.74 Å². The second-order valence-electron chi connectivity index (χ2n) is 9.94. The van der Waals surface area contributed by atoms with Gasteiger partial charge in [0, 0.05) is 29.4 Å². The van der Waals surface area contributed by atoms with Gasteiger partial charge in [-0.1, -0.05) is 43.7 Å². The van der Waals surface area contributed by atoms with E-state index in [1.807, 2.05) is 73.8 Å². The van der Waals surface area contributed by atoms with E-state index in [0.717, 1.165) is 28.1 Å². The molecule has 0 N–H and O–H groups in total. The van der Waals surface area contributed by atoms with Crippen LogP contribution in [0.3, 0.4) is 0 Å². The monoisotopic (exact) mass is 560 g/mol. The van der Waals surface area contributed by atoms with Gasteiger partial charge in [0.05, 0.1) is 11.4 Å². The first-order chi connectivity index (χ1) is 20.4. The summed E-state index contributed by atoms with van der Waals surface area (Å²) in [6.07, 6.45) is 4.99. The Morgan fingerprint density at radius 2 is 1.69 bits per heavy atom. The third-order valence-corrected chi connectivity index (χ3v) is 7.07. The van der Waals surface area contributed by atoms with E-state index in [2.05, 4.69) is 0 Å². The molecule has 42 heavy (non-hydrogen) atoms. The molecule has 210 valence electrons. The van der Waals surface area contributed by atoms with Crippen LogP contribution in [0.15, 0.2) is 102 Å². The van der Waals surface area contributed by atoms with Gasteiger partial charge < -0.3 is 4.74 Å². The number of rotatable bonds is 9. The van der Waals surface area contributed by atoms with E-state index in [4.69, 9.17) is 9.84 Å². The minimum Gasteiger partial charge on any atom is -0.489 e. The van der Waals surface area contributed by atoms with E-state index >= 15 is 0 Å². The molecule has 4 aromatic rings. The Morgan fingerprint density at radius 1 is 0.976 bits per heavy atom. The zero-order valence-electron chi connectivity index (χ0n) is 23.4. The van der Waals surface area contributed by atoms with Crippen LogP contribution >= 0.6 is 0 Å². The molecule has 0 unspecified atom stereocenters. The molecule has 8 heteroatoms. The fourth-order valence-corrected chi connectivity index (χ4v) is 4.69. The predicted octanol–water partition coefficient (Wildman–Crippen LogP) is 6.65. The third kappa shape index (κ3) is 5.91. The maximum absolute atomic E-state index is 13.5. The van der Waals surface area contributed by atoms with Crippen molar-refractivity contribution in [2.75, 3.05) is 6.54 Å². The molecule has 1 aromatic heterocycles. The van der Waals surface area contributed by atoms with Gasteiger partial charge in [-0.2, -0.15) is 10.4 Å². The van der Waals surface area contributed by atoms with Crippen molar-refractivity contribution in [1.82, 2.24) is 14.7 Å². The Kier molecular flexibility index (Phi) is 8.39. The summed E-state index contributed by atoms with van der Waals surface area (Å²) in [5, 5.41) is 14.6. The van der Waals surface area contributed by atoms with E-state index in [0.29, 0.717) is 35.6 Å². The smallest absolute Gasteiger partial charge is 0.271 e. The van der Waals surface area contributed by atoms with Crippen molar-refractivity contribution in [1.29, 1.82) is 5.26 Å². The van der Waals surface area contributed by atoms with Crippen molar-refractivity contribution < 1.29 is 18.7 Å². The van der Waals surface area contributed by atoms with Gasteiger partial charge in [-0.3, -0.25) is 14.5 Å². The standard InChI is InChI=1S/C34H29FN4O3/c1-3-4-18-38-33(40)30(23(2)31(20-36)34(38)41)19-26-21-39(28-8-6-5-7-9-28)37-32(26)25-12-16-29(17-13-25)42-22-24-10-14-27(35)15-11-24/h5-17,19,21H,3-4,18,22H2,1-2H3/b30-19+. The summed E-state index contributed by atoms with van der Waals surface area (Å²) in [5.74, 6) is -0.640. The molecule has 2 amide bonds. The molecule has 2 heterocycles. The minimum absolute atomic E-state index is 0.0309. The zero-order chi connectivity index (χ0) is 29.6. The molecule has 5 rings (SSSR count). The largest absolute Gasteiger partial charge is 0.489 e. The number of benzene rings is 3. The number of imide groups is 1. The molecule has 0 aliphatic carbocycles. The van der Waals surface area contributed by atoms with Gasteiger partial charge in [-0.15, -0.1) is 0 Å². The molecule has 0 bridgehead atoms. The van der Waals surface area contributed by atoms with Crippen LogP contribution in [0, 0.1) is 17.1 Å². The minimum atomic E-state index is -0.554. The molecule has 1 aliphatic rings. The first kappa shape index (κ1) is 28.2. The van der Waals surface area contributed by atoms with Crippen molar-refractivity contribution in [2.24, 2.45) is 0 Å². The summed E-state index contributed by atoms with van der Waals surface area (Å²) >= 11 is 0. The second-order valence-corrected chi connectivity index (χ2v) is 9.94. The average molecular weight is 561 g/mol. The molecular formula is C34H29FN4O3. The molecular weight excluding hydrogens is 531 g/mol. The number of unbranched alkanes of at least 4 members (excludes halogenated alkanes) is 1. The normalized spacial score (nSPS) is 14.4. The molecule has 0 fully saturated rings. The number of hydrogen-bond donors (Lipinski definition) is 0. The molecule has 0 atom stereocenters. The first-order valence-corrected chi connectivity index (χ1v) is 13.7. The number of nitrogens with zero attached hydrogens (tertiary/aromatic N) is 4. The topological polar surface area (TPSA) is 88.2 Å². The van der Waals surface area contributed by atoms with Crippen molar-refractivity contribution in [2.45, 2.75) is 33.3 Å². The lowest BCUT2D eigenvalue weighted by Gasteiger charge is -2.27. The summed E-state index contributed by atoms with van der Waals surface area (Å²) < 4.78 is 20.8. The summed E-state index contributed by atoms with van der Waals surface area (Å²) in [6.45, 7) is 4.15. The number of para-hydroxylation sites is 1. The fraction of sp³-hybridized carbons (Fsp3) is 0.176. The molecule has 7 nitrogen and oxygen atoms in total. The molecule has 0 saturated heterocycles. The van der Waals surface area contributed by atoms with E-state index in [9.17, 15) is 19.2 Å². The highest BCUT2D eigenvalue weighted by Crippen LogP contribution is 2.32. The Bertz CT molecular complexity index is 1710. The van der Waals surface area contributed by atoms with Crippen LogP contribution in [0.4, 0.5) is 4.39 Å². The number of nitriles is 1. The SMILES string of the molecule is CCCCN1C(=O)C(C#N)=C(C)/C(=C\c2cn(-c3ccccc3)nc2-c2ccc(OCc3ccc(F)cc3)cc2)C1=O. The fourth-order valence-electron chi connectivity index (χ4n) is 4.69. The Labute approximate surface area is 243 Å². The number of hydrogen-bond acceptors (Lipinski definition) is 5. The lowest BCUT2D eigenvalue weighted by atomic mass is 9.93. The summed E-state index contributed by atoms with van der Waals surface area (Å²) in [7, 11) is 0. The lowest BCUT2D eigenvalue weighted by molar-refractivity contribution is -0.140. The van der Waals surface area contributed by atoms with E-state index in [1.54, 1.807) is 29.8 Å². The quantitative estimate of drug-likeness (QED) is 0.169. The summed E-state index contributed by atoms with van der Waals surface area (Å²) in [5.41, 5.74) is 4.35. The molecule has 1 aliphatic heterocycles. The van der Waals surface area contributed by atoms with Crippen LogP contribution in [0.5, 0.6) is 5.75 Å². The Hall–Kier alpha value is -5.29. The van der Waals surface area contributed by atoms with E-state index < -0.39 is 11.8 Å². The van der Waals surface area contributed by atoms with Gasteiger partial charge in [0.25, 0.3) is 11.8 Å². The average Bonchev–Trinajstić information content (AvgIpc) is 3.44. The van der Waals surface area contributed by atoms with Gasteiger partial charge in [-0.05, 0) is 79.1 Å². The highest BCUT2D eigenvalue weighted by molar-refractivity contribution is 6.19. The molecule has 0 spiro atoms. The van der Waals surface area contributed by atoms with Gasteiger partial charge in [0.15, 0.2) is 0 Å². The highest BCUT2D eigenvalue weighted by Gasteiger charge is 2.35. The van der Waals surface area contributed by atoms with Crippen LogP contribution in [0.1, 0.15) is 37.8 Å². The Balaban J connectivity index is 1.53. The van der Waals surface area contributed by atoms with Gasteiger partial charge in [0.2, 0.25) is 0 Å². The van der Waals surface area contributed by atoms with E-state index in [-0.39, 0.29) is 23.5 Å². The van der Waals surface area contributed by atoms with Crippen molar-refractivity contribution >= 4 is 17.9 Å². The predicted molar refractivity (Wildman–Crippen MR) is 158 cm³/mol.